The van der Waals surface area contributed by atoms with Crippen LogP contribution in [0, 0.1) is 17.7 Å². The molecule has 0 radical (unpaired) electrons. The first-order valence-corrected chi connectivity index (χ1v) is 11.2. The van der Waals surface area contributed by atoms with Gasteiger partial charge < -0.3 is 5.32 Å². The van der Waals surface area contributed by atoms with Gasteiger partial charge in [0, 0.05) is 19.1 Å². The smallest absolute Gasteiger partial charge is 0.243 e. The average molecular weight is 399 g/mol. The van der Waals surface area contributed by atoms with E-state index in [2.05, 4.69) is 19.2 Å². The summed E-state index contributed by atoms with van der Waals surface area (Å²) < 4.78 is 40.0. The van der Waals surface area contributed by atoms with Gasteiger partial charge in [-0.2, -0.15) is 4.31 Å². The van der Waals surface area contributed by atoms with Gasteiger partial charge in [-0.05, 0) is 56.4 Å². The van der Waals surface area contributed by atoms with E-state index in [1.54, 1.807) is 0 Å². The van der Waals surface area contributed by atoms with Gasteiger partial charge in [-0.3, -0.25) is 4.79 Å². The maximum absolute atomic E-state index is 13.1. The summed E-state index contributed by atoms with van der Waals surface area (Å²) in [6.45, 7) is 6.91. The Morgan fingerprint density at radius 1 is 1.22 bits per heavy atom. The van der Waals surface area contributed by atoms with Gasteiger partial charge in [-0.1, -0.05) is 26.7 Å². The van der Waals surface area contributed by atoms with Crippen LogP contribution >= 0.6 is 0 Å². The van der Waals surface area contributed by atoms with E-state index >= 15 is 0 Å². The standard InChI is InChI=1S/C20H31FN2O3S/c1-15(2)6-4-7-16(3)22-20(24)17-8-5-13-23(14-17)27(25,26)19-11-9-18(21)10-12-19/h9-12,15-17H,4-8,13-14H2,1-3H3,(H,22,24). The van der Waals surface area contributed by atoms with Crippen molar-refractivity contribution < 1.29 is 17.6 Å². The van der Waals surface area contributed by atoms with Crippen molar-refractivity contribution in [3.05, 3.63) is 30.1 Å². The van der Waals surface area contributed by atoms with Crippen molar-refractivity contribution in [1.29, 1.82) is 0 Å². The number of hydrogen-bond donors (Lipinski definition) is 1. The molecular formula is C20H31FN2O3S. The molecule has 1 N–H and O–H groups in total. The first-order valence-electron chi connectivity index (χ1n) is 9.76. The molecule has 1 amide bonds. The van der Waals surface area contributed by atoms with E-state index in [4.69, 9.17) is 0 Å². The molecule has 1 saturated heterocycles. The first kappa shape index (κ1) is 21.8. The molecule has 5 nitrogen and oxygen atoms in total. The molecule has 7 heteroatoms. The molecule has 2 atom stereocenters. The third-order valence-corrected chi connectivity index (χ3v) is 6.89. The number of carbonyl (C=O) groups excluding carboxylic acids is 1. The second-order valence-corrected chi connectivity index (χ2v) is 9.83. The van der Waals surface area contributed by atoms with Gasteiger partial charge in [0.1, 0.15) is 5.82 Å². The lowest BCUT2D eigenvalue weighted by molar-refractivity contribution is -0.126. The number of hydrogen-bond acceptors (Lipinski definition) is 3. The second kappa shape index (κ2) is 9.64. The van der Waals surface area contributed by atoms with Crippen molar-refractivity contribution in [3.63, 3.8) is 0 Å². The van der Waals surface area contributed by atoms with Crippen molar-refractivity contribution in [2.75, 3.05) is 13.1 Å². The number of nitrogens with zero attached hydrogens (tertiary/aromatic N) is 1. The maximum atomic E-state index is 13.1. The van der Waals surface area contributed by atoms with Gasteiger partial charge >= 0.3 is 0 Å². The number of nitrogens with one attached hydrogen (secondary N) is 1. The summed E-state index contributed by atoms with van der Waals surface area (Å²) in [6, 6.07) is 4.90. The van der Waals surface area contributed by atoms with Crippen LogP contribution in [-0.2, 0) is 14.8 Å². The van der Waals surface area contributed by atoms with Crippen LogP contribution in [0.4, 0.5) is 4.39 Å². The highest BCUT2D eigenvalue weighted by atomic mass is 32.2. The quantitative estimate of drug-likeness (QED) is 0.728. The van der Waals surface area contributed by atoms with Crippen LogP contribution in [0.25, 0.3) is 0 Å². The van der Waals surface area contributed by atoms with Gasteiger partial charge in [0.25, 0.3) is 0 Å². The highest BCUT2D eigenvalue weighted by Crippen LogP contribution is 2.24. The summed E-state index contributed by atoms with van der Waals surface area (Å²) in [5, 5.41) is 3.03. The van der Waals surface area contributed by atoms with Gasteiger partial charge in [0.05, 0.1) is 10.8 Å². The fourth-order valence-electron chi connectivity index (χ4n) is 3.40. The molecule has 1 fully saturated rings. The highest BCUT2D eigenvalue weighted by molar-refractivity contribution is 7.89. The minimum Gasteiger partial charge on any atom is -0.353 e. The Labute approximate surface area is 162 Å². The van der Waals surface area contributed by atoms with E-state index in [0.29, 0.717) is 25.3 Å². The normalized spacial score (nSPS) is 19.8. The SMILES string of the molecule is CC(C)CCCC(C)NC(=O)C1CCCN(S(=O)(=O)c2ccc(F)cc2)C1. The van der Waals surface area contributed by atoms with Gasteiger partial charge in [0.2, 0.25) is 15.9 Å². The van der Waals surface area contributed by atoms with E-state index in [-0.39, 0.29) is 29.3 Å². The van der Waals surface area contributed by atoms with Crippen molar-refractivity contribution in [2.24, 2.45) is 11.8 Å². The third-order valence-electron chi connectivity index (χ3n) is 5.01. The minimum absolute atomic E-state index is 0.0620. The summed E-state index contributed by atoms with van der Waals surface area (Å²) in [5.74, 6) is -0.250. The Morgan fingerprint density at radius 2 is 1.89 bits per heavy atom. The van der Waals surface area contributed by atoms with Crippen molar-refractivity contribution in [2.45, 2.75) is 63.8 Å². The van der Waals surface area contributed by atoms with Crippen LogP contribution < -0.4 is 5.32 Å². The molecule has 1 aromatic carbocycles. The zero-order chi connectivity index (χ0) is 20.0. The van der Waals surface area contributed by atoms with E-state index < -0.39 is 15.8 Å². The van der Waals surface area contributed by atoms with Gasteiger partial charge in [0.15, 0.2) is 0 Å². The molecule has 0 aliphatic carbocycles. The molecule has 0 bridgehead atoms. The molecule has 2 unspecified atom stereocenters. The molecule has 2 rings (SSSR count). The van der Waals surface area contributed by atoms with Crippen molar-refractivity contribution in [1.82, 2.24) is 9.62 Å². The third kappa shape index (κ3) is 6.28. The number of piperidine rings is 1. The topological polar surface area (TPSA) is 66.5 Å². The summed E-state index contributed by atoms with van der Waals surface area (Å²) in [4.78, 5) is 12.6. The number of rotatable bonds is 8. The van der Waals surface area contributed by atoms with Crippen LogP contribution in [0.1, 0.15) is 52.9 Å². The highest BCUT2D eigenvalue weighted by Gasteiger charge is 2.33. The number of halogens is 1. The molecule has 0 saturated carbocycles. The first-order chi connectivity index (χ1) is 12.7. The molecule has 1 heterocycles. The number of sulfonamides is 1. The van der Waals surface area contributed by atoms with E-state index in [0.717, 1.165) is 31.4 Å². The van der Waals surface area contributed by atoms with Crippen LogP contribution in [0.15, 0.2) is 29.2 Å². The Balaban J connectivity index is 1.94. The zero-order valence-corrected chi connectivity index (χ0v) is 17.3. The Bertz CT molecular complexity index is 719. The fraction of sp³-hybridized carbons (Fsp3) is 0.650. The van der Waals surface area contributed by atoms with Gasteiger partial charge in [-0.25, -0.2) is 12.8 Å². The molecule has 152 valence electrons. The molecule has 1 aliphatic rings. The number of amides is 1. The van der Waals surface area contributed by atoms with Crippen LogP contribution in [0.3, 0.4) is 0 Å². The Hall–Kier alpha value is -1.47. The van der Waals surface area contributed by atoms with Gasteiger partial charge in [-0.15, -0.1) is 0 Å². The molecule has 1 aliphatic heterocycles. The predicted octanol–water partition coefficient (Wildman–Crippen LogP) is 3.56. The Morgan fingerprint density at radius 3 is 2.52 bits per heavy atom. The summed E-state index contributed by atoms with van der Waals surface area (Å²) in [7, 11) is -3.71. The number of carbonyl (C=O) groups is 1. The molecule has 0 spiro atoms. The monoisotopic (exact) mass is 398 g/mol. The van der Waals surface area contributed by atoms with E-state index in [9.17, 15) is 17.6 Å². The maximum Gasteiger partial charge on any atom is 0.243 e. The summed E-state index contributed by atoms with van der Waals surface area (Å²) >= 11 is 0. The lowest BCUT2D eigenvalue weighted by Crippen LogP contribution is -2.47. The molecule has 1 aromatic rings. The van der Waals surface area contributed by atoms with Crippen LogP contribution in [0.5, 0.6) is 0 Å². The van der Waals surface area contributed by atoms with Crippen molar-refractivity contribution >= 4 is 15.9 Å². The molecule has 27 heavy (non-hydrogen) atoms. The van der Waals surface area contributed by atoms with E-state index in [1.807, 2.05) is 6.92 Å². The summed E-state index contributed by atoms with van der Waals surface area (Å²) in [6.07, 6.45) is 4.44. The summed E-state index contributed by atoms with van der Waals surface area (Å²) in [5.41, 5.74) is 0. The lowest BCUT2D eigenvalue weighted by atomic mass is 9.98. The van der Waals surface area contributed by atoms with E-state index in [1.165, 1.54) is 16.4 Å². The number of benzene rings is 1. The van der Waals surface area contributed by atoms with Crippen molar-refractivity contribution in [3.8, 4) is 0 Å². The second-order valence-electron chi connectivity index (χ2n) is 7.89. The molecule has 0 aromatic heterocycles. The van der Waals surface area contributed by atoms with Crippen LogP contribution in [0.2, 0.25) is 0 Å². The largest absolute Gasteiger partial charge is 0.353 e. The Kier molecular flexibility index (Phi) is 7.79. The minimum atomic E-state index is -3.71. The van der Waals surface area contributed by atoms with Crippen LogP contribution in [-0.4, -0.2) is 37.8 Å². The zero-order valence-electron chi connectivity index (χ0n) is 16.4. The predicted molar refractivity (Wildman–Crippen MR) is 104 cm³/mol. The lowest BCUT2D eigenvalue weighted by Gasteiger charge is -2.32. The average Bonchev–Trinajstić information content (AvgIpc) is 2.62. The molecular weight excluding hydrogens is 367 g/mol. The fourth-order valence-corrected chi connectivity index (χ4v) is 4.92.